The number of rotatable bonds is 5. The summed E-state index contributed by atoms with van der Waals surface area (Å²) >= 11 is 0. The molecule has 4 rings (SSSR count). The van der Waals surface area contributed by atoms with Crippen LogP contribution >= 0.6 is 0 Å². The van der Waals surface area contributed by atoms with Gasteiger partial charge in [-0.05, 0) is 61.4 Å². The maximum atomic E-state index is 12.5. The van der Waals surface area contributed by atoms with Crippen LogP contribution in [0.2, 0.25) is 0 Å². The molecule has 0 bridgehead atoms. The van der Waals surface area contributed by atoms with E-state index in [1.807, 2.05) is 26.0 Å². The Labute approximate surface area is 181 Å². The number of anilines is 1. The number of imidazole rings is 1. The number of nitro groups is 2. The lowest BCUT2D eigenvalue weighted by Gasteiger charge is -2.06. The largest absolute Gasteiger partial charge is 0.338 e. The Hall–Kier alpha value is -4.60. The van der Waals surface area contributed by atoms with Gasteiger partial charge in [0, 0.05) is 23.4 Å². The Balaban J connectivity index is 1.57. The van der Waals surface area contributed by atoms with Crippen molar-refractivity contribution >= 4 is 34.0 Å². The second kappa shape index (κ2) is 7.91. The van der Waals surface area contributed by atoms with Gasteiger partial charge in [-0.3, -0.25) is 25.0 Å². The predicted octanol–water partition coefficient (Wildman–Crippen LogP) is 4.92. The molecule has 160 valence electrons. The number of benzene rings is 3. The molecule has 0 aliphatic carbocycles. The first-order chi connectivity index (χ1) is 15.2. The van der Waals surface area contributed by atoms with Gasteiger partial charge in [-0.1, -0.05) is 0 Å². The van der Waals surface area contributed by atoms with Gasteiger partial charge >= 0.3 is 0 Å². The van der Waals surface area contributed by atoms with Gasteiger partial charge in [0.25, 0.3) is 17.3 Å². The number of nitrogens with one attached hydrogen (secondary N) is 2. The van der Waals surface area contributed by atoms with Crippen LogP contribution in [0.5, 0.6) is 0 Å². The number of aromatic nitrogens is 2. The zero-order valence-corrected chi connectivity index (χ0v) is 17.1. The molecule has 2 N–H and O–H groups in total. The number of nitro benzene ring substituents is 2. The number of fused-ring (bicyclic) bond motifs is 1. The minimum atomic E-state index is -0.783. The van der Waals surface area contributed by atoms with E-state index in [1.54, 1.807) is 24.3 Å². The molecule has 1 aromatic heterocycles. The fourth-order valence-electron chi connectivity index (χ4n) is 3.26. The normalized spacial score (nSPS) is 10.8. The minimum absolute atomic E-state index is 0.182. The van der Waals surface area contributed by atoms with E-state index in [1.165, 1.54) is 0 Å². The summed E-state index contributed by atoms with van der Waals surface area (Å²) in [4.78, 5) is 40.9. The van der Waals surface area contributed by atoms with E-state index in [0.29, 0.717) is 11.5 Å². The van der Waals surface area contributed by atoms with Crippen LogP contribution in [-0.4, -0.2) is 25.7 Å². The fourth-order valence-corrected chi connectivity index (χ4v) is 3.26. The highest BCUT2D eigenvalue weighted by Crippen LogP contribution is 2.26. The molecule has 1 amide bonds. The summed E-state index contributed by atoms with van der Waals surface area (Å²) in [5.41, 5.74) is 4.07. The van der Waals surface area contributed by atoms with Crippen molar-refractivity contribution in [1.82, 2.24) is 9.97 Å². The molecule has 10 heteroatoms. The number of hydrogen-bond acceptors (Lipinski definition) is 6. The smallest absolute Gasteiger partial charge is 0.277 e. The molecule has 0 spiro atoms. The summed E-state index contributed by atoms with van der Waals surface area (Å²) in [7, 11) is 0. The SMILES string of the molecule is Cc1cc2nc(-c3ccc(NC(=O)c4cc([N+](=O)[O-])cc([N+](=O)[O-])c4)cc3)[nH]c2cc1C. The topological polar surface area (TPSA) is 144 Å². The summed E-state index contributed by atoms with van der Waals surface area (Å²) in [6.07, 6.45) is 0. The van der Waals surface area contributed by atoms with E-state index < -0.39 is 27.1 Å². The van der Waals surface area contributed by atoms with Crippen LogP contribution in [0.15, 0.2) is 54.6 Å². The molecular formula is C22H17N5O5. The van der Waals surface area contributed by atoms with E-state index in [4.69, 9.17) is 0 Å². The number of carbonyl (C=O) groups excluding carboxylic acids is 1. The summed E-state index contributed by atoms with van der Waals surface area (Å²) in [5, 5.41) is 24.6. The van der Waals surface area contributed by atoms with E-state index in [9.17, 15) is 25.0 Å². The molecule has 4 aromatic rings. The molecule has 0 saturated heterocycles. The van der Waals surface area contributed by atoms with Gasteiger partial charge in [0.2, 0.25) is 0 Å². The average molecular weight is 431 g/mol. The number of aromatic amines is 1. The predicted molar refractivity (Wildman–Crippen MR) is 119 cm³/mol. The van der Waals surface area contributed by atoms with Gasteiger partial charge in [0.1, 0.15) is 5.82 Å². The minimum Gasteiger partial charge on any atom is -0.338 e. The third-order valence-corrected chi connectivity index (χ3v) is 5.10. The summed E-state index contributed by atoms with van der Waals surface area (Å²) in [6, 6.07) is 13.7. The van der Waals surface area contributed by atoms with Crippen LogP contribution in [0, 0.1) is 34.1 Å². The number of nitrogens with zero attached hydrogens (tertiary/aromatic N) is 3. The lowest BCUT2D eigenvalue weighted by Crippen LogP contribution is -2.12. The second-order valence-corrected chi connectivity index (χ2v) is 7.32. The molecular weight excluding hydrogens is 414 g/mol. The third kappa shape index (κ3) is 4.01. The van der Waals surface area contributed by atoms with Crippen molar-refractivity contribution in [2.75, 3.05) is 5.32 Å². The molecule has 0 aliphatic heterocycles. The highest BCUT2D eigenvalue weighted by atomic mass is 16.6. The number of H-pyrrole nitrogens is 1. The molecule has 0 saturated carbocycles. The molecule has 32 heavy (non-hydrogen) atoms. The molecule has 0 fully saturated rings. The first kappa shape index (κ1) is 20.7. The van der Waals surface area contributed by atoms with Crippen molar-refractivity contribution in [2.24, 2.45) is 0 Å². The molecule has 0 unspecified atom stereocenters. The number of hydrogen-bond donors (Lipinski definition) is 2. The molecule has 0 atom stereocenters. The van der Waals surface area contributed by atoms with Crippen LogP contribution in [0.4, 0.5) is 17.1 Å². The lowest BCUT2D eigenvalue weighted by molar-refractivity contribution is -0.394. The Morgan fingerprint density at radius 3 is 2.09 bits per heavy atom. The standard InChI is InChI=1S/C22H17N5O5/c1-12-7-19-20(8-13(12)2)25-21(24-19)14-3-5-16(6-4-14)23-22(28)15-9-17(26(29)30)11-18(10-15)27(31)32/h3-11H,1-2H3,(H,23,28)(H,24,25). The van der Waals surface area contributed by atoms with E-state index in [0.717, 1.165) is 45.9 Å². The Morgan fingerprint density at radius 2 is 1.50 bits per heavy atom. The second-order valence-electron chi connectivity index (χ2n) is 7.32. The van der Waals surface area contributed by atoms with Crippen LogP contribution < -0.4 is 5.32 Å². The number of carbonyl (C=O) groups is 1. The molecule has 0 aliphatic rings. The highest BCUT2D eigenvalue weighted by molar-refractivity contribution is 6.05. The van der Waals surface area contributed by atoms with E-state index in [2.05, 4.69) is 15.3 Å². The van der Waals surface area contributed by atoms with Crippen LogP contribution in [0.1, 0.15) is 21.5 Å². The van der Waals surface area contributed by atoms with E-state index >= 15 is 0 Å². The molecule has 3 aromatic carbocycles. The quantitative estimate of drug-likeness (QED) is 0.339. The zero-order chi connectivity index (χ0) is 23.0. The number of aryl methyl sites for hydroxylation is 2. The maximum absolute atomic E-state index is 12.5. The number of non-ortho nitro benzene ring substituents is 2. The zero-order valence-electron chi connectivity index (χ0n) is 17.1. The first-order valence-corrected chi connectivity index (χ1v) is 9.54. The Kier molecular flexibility index (Phi) is 5.11. The van der Waals surface area contributed by atoms with Gasteiger partial charge < -0.3 is 10.3 Å². The highest BCUT2D eigenvalue weighted by Gasteiger charge is 2.20. The van der Waals surface area contributed by atoms with Crippen LogP contribution in [-0.2, 0) is 0 Å². The monoisotopic (exact) mass is 431 g/mol. The average Bonchev–Trinajstić information content (AvgIpc) is 3.16. The Bertz CT molecular complexity index is 1320. The third-order valence-electron chi connectivity index (χ3n) is 5.10. The molecule has 0 radical (unpaired) electrons. The summed E-state index contributed by atoms with van der Waals surface area (Å²) < 4.78 is 0. The maximum Gasteiger partial charge on any atom is 0.277 e. The van der Waals surface area contributed by atoms with Crippen molar-refractivity contribution in [1.29, 1.82) is 0 Å². The van der Waals surface area contributed by atoms with Crippen LogP contribution in [0.3, 0.4) is 0 Å². The van der Waals surface area contributed by atoms with E-state index in [-0.39, 0.29) is 5.56 Å². The fraction of sp³-hybridized carbons (Fsp3) is 0.0909. The molecule has 1 heterocycles. The summed E-state index contributed by atoms with van der Waals surface area (Å²) in [5.74, 6) is -0.0172. The van der Waals surface area contributed by atoms with Gasteiger partial charge in [0.05, 0.1) is 32.5 Å². The molecule has 10 nitrogen and oxygen atoms in total. The lowest BCUT2D eigenvalue weighted by atomic mass is 10.1. The van der Waals surface area contributed by atoms with Crippen LogP contribution in [0.25, 0.3) is 22.4 Å². The van der Waals surface area contributed by atoms with Crippen molar-refractivity contribution in [3.8, 4) is 11.4 Å². The van der Waals surface area contributed by atoms with Crippen molar-refractivity contribution in [2.45, 2.75) is 13.8 Å². The van der Waals surface area contributed by atoms with Gasteiger partial charge in [-0.2, -0.15) is 0 Å². The Morgan fingerprint density at radius 1 is 0.906 bits per heavy atom. The number of amides is 1. The van der Waals surface area contributed by atoms with Crippen molar-refractivity contribution in [3.63, 3.8) is 0 Å². The van der Waals surface area contributed by atoms with Crippen molar-refractivity contribution in [3.05, 3.63) is 91.5 Å². The first-order valence-electron chi connectivity index (χ1n) is 9.54. The summed E-state index contributed by atoms with van der Waals surface area (Å²) in [6.45, 7) is 4.05. The van der Waals surface area contributed by atoms with Crippen molar-refractivity contribution < 1.29 is 14.6 Å². The van der Waals surface area contributed by atoms with Gasteiger partial charge in [-0.15, -0.1) is 0 Å². The van der Waals surface area contributed by atoms with Gasteiger partial charge in [-0.25, -0.2) is 4.98 Å². The van der Waals surface area contributed by atoms with Gasteiger partial charge in [0.15, 0.2) is 0 Å².